The second kappa shape index (κ2) is 6.00. The summed E-state index contributed by atoms with van der Waals surface area (Å²) in [5.41, 5.74) is -0.225. The van der Waals surface area contributed by atoms with Crippen molar-refractivity contribution in [3.8, 4) is 0 Å². The monoisotopic (exact) mass is 280 g/mol. The third-order valence-corrected chi connectivity index (χ3v) is 2.82. The molecule has 0 atom stereocenters. The molecule has 108 valence electrons. The van der Waals surface area contributed by atoms with Crippen molar-refractivity contribution >= 4 is 22.7 Å². The summed E-state index contributed by atoms with van der Waals surface area (Å²) in [7, 11) is 6.43. The fourth-order valence-electron chi connectivity index (χ4n) is 1.74. The maximum atomic E-state index is 10.7. The standard InChI is InChI=1S/2C6H8N2O2/c2*1-7-3-4(8-2)6(10)5(3)9/h2*7-8H,1-2H3. The van der Waals surface area contributed by atoms with Crippen molar-refractivity contribution in [2.75, 3.05) is 49.5 Å². The van der Waals surface area contributed by atoms with Gasteiger partial charge in [0.15, 0.2) is 0 Å². The highest BCUT2D eigenvalue weighted by Gasteiger charge is 2.17. The van der Waals surface area contributed by atoms with Gasteiger partial charge >= 0.3 is 0 Å². The van der Waals surface area contributed by atoms with Gasteiger partial charge < -0.3 is 21.3 Å². The molecule has 20 heavy (non-hydrogen) atoms. The Bertz CT molecular complexity index is 620. The van der Waals surface area contributed by atoms with Gasteiger partial charge in [-0.1, -0.05) is 0 Å². The summed E-state index contributed by atoms with van der Waals surface area (Å²) in [5.74, 6) is 0. The zero-order valence-electron chi connectivity index (χ0n) is 11.6. The van der Waals surface area contributed by atoms with E-state index in [-0.39, 0.29) is 0 Å². The summed E-state index contributed by atoms with van der Waals surface area (Å²) < 4.78 is 0. The molecular formula is C12H16N4O4. The number of anilines is 4. The SMILES string of the molecule is CNc1c(NC)c(=O)c1=O.CNc1c(NC)c(=O)c1=O. The molecule has 8 heteroatoms. The highest BCUT2D eigenvalue weighted by Crippen LogP contribution is 2.11. The second-order valence-electron chi connectivity index (χ2n) is 3.82. The molecular weight excluding hydrogens is 264 g/mol. The van der Waals surface area contributed by atoms with E-state index in [1.807, 2.05) is 0 Å². The third kappa shape index (κ3) is 2.27. The molecule has 2 rings (SSSR count). The van der Waals surface area contributed by atoms with E-state index < -0.39 is 21.7 Å². The van der Waals surface area contributed by atoms with Crippen molar-refractivity contribution in [3.63, 3.8) is 0 Å². The smallest absolute Gasteiger partial charge is 0.253 e. The lowest BCUT2D eigenvalue weighted by molar-refractivity contribution is 1.32. The molecule has 0 saturated heterocycles. The Kier molecular flexibility index (Phi) is 4.63. The quantitative estimate of drug-likeness (QED) is 0.512. The molecule has 4 N–H and O–H groups in total. The summed E-state index contributed by atoms with van der Waals surface area (Å²) in [6.07, 6.45) is 0. The van der Waals surface area contributed by atoms with E-state index in [9.17, 15) is 19.2 Å². The average molecular weight is 280 g/mol. The summed E-state index contributed by atoms with van der Waals surface area (Å²) >= 11 is 0. The highest BCUT2D eigenvalue weighted by atomic mass is 16.2. The number of hydrogen-bond donors (Lipinski definition) is 4. The van der Waals surface area contributed by atoms with E-state index >= 15 is 0 Å². The Morgan fingerprint density at radius 2 is 0.600 bits per heavy atom. The van der Waals surface area contributed by atoms with Crippen molar-refractivity contribution in [2.24, 2.45) is 0 Å². The van der Waals surface area contributed by atoms with Crippen LogP contribution in [0, 0.1) is 0 Å². The van der Waals surface area contributed by atoms with Crippen LogP contribution in [0.1, 0.15) is 0 Å². The Morgan fingerprint density at radius 3 is 0.700 bits per heavy atom. The van der Waals surface area contributed by atoms with Gasteiger partial charge in [-0.15, -0.1) is 0 Å². The van der Waals surface area contributed by atoms with Crippen LogP contribution in [0.3, 0.4) is 0 Å². The predicted molar refractivity (Wildman–Crippen MR) is 80.9 cm³/mol. The number of hydrogen-bond acceptors (Lipinski definition) is 8. The highest BCUT2D eigenvalue weighted by molar-refractivity contribution is 5.73. The first-order chi connectivity index (χ1) is 9.44. The average Bonchev–Trinajstić information content (AvgIpc) is 2.48. The lowest BCUT2D eigenvalue weighted by Crippen LogP contribution is -2.35. The fraction of sp³-hybridized carbons (Fsp3) is 0.333. The third-order valence-electron chi connectivity index (χ3n) is 2.82. The summed E-state index contributed by atoms with van der Waals surface area (Å²) in [6.45, 7) is 0. The van der Waals surface area contributed by atoms with Crippen LogP contribution in [0.25, 0.3) is 0 Å². The molecule has 0 fully saturated rings. The zero-order valence-corrected chi connectivity index (χ0v) is 11.6. The molecule has 0 aliphatic rings. The molecule has 8 nitrogen and oxygen atoms in total. The van der Waals surface area contributed by atoms with Crippen molar-refractivity contribution in [1.29, 1.82) is 0 Å². The van der Waals surface area contributed by atoms with Crippen LogP contribution in [-0.2, 0) is 0 Å². The van der Waals surface area contributed by atoms with E-state index in [1.54, 1.807) is 28.2 Å². The lowest BCUT2D eigenvalue weighted by atomic mass is 10.2. The molecule has 0 amide bonds. The van der Waals surface area contributed by atoms with Gasteiger partial charge in [-0.05, 0) is 0 Å². The molecule has 0 spiro atoms. The normalized spacial score (nSPS) is 9.80. The molecule has 0 aromatic heterocycles. The lowest BCUT2D eigenvalue weighted by Gasteiger charge is -2.07. The Balaban J connectivity index is 0.000000200. The molecule has 0 bridgehead atoms. The van der Waals surface area contributed by atoms with Crippen molar-refractivity contribution in [3.05, 3.63) is 40.9 Å². The first-order valence-electron chi connectivity index (χ1n) is 5.82. The van der Waals surface area contributed by atoms with Crippen LogP contribution in [0.4, 0.5) is 22.7 Å². The molecule has 0 saturated carbocycles. The van der Waals surface area contributed by atoms with E-state index in [1.165, 1.54) is 0 Å². The van der Waals surface area contributed by atoms with Crippen LogP contribution in [-0.4, -0.2) is 28.2 Å². The van der Waals surface area contributed by atoms with Gasteiger partial charge in [0.05, 0.1) is 0 Å². The predicted octanol–water partition coefficient (Wildman–Crippen LogP) is -1.27. The van der Waals surface area contributed by atoms with Crippen LogP contribution >= 0.6 is 0 Å². The molecule has 0 aliphatic heterocycles. The first-order valence-corrected chi connectivity index (χ1v) is 5.82. The van der Waals surface area contributed by atoms with Gasteiger partial charge in [0.1, 0.15) is 22.7 Å². The van der Waals surface area contributed by atoms with Crippen molar-refractivity contribution < 1.29 is 0 Å². The van der Waals surface area contributed by atoms with Gasteiger partial charge in [0.25, 0.3) is 21.7 Å². The largest absolute Gasteiger partial charge is 0.383 e. The number of rotatable bonds is 4. The van der Waals surface area contributed by atoms with Gasteiger partial charge in [-0.3, -0.25) is 19.2 Å². The topological polar surface area (TPSA) is 116 Å². The molecule has 0 unspecified atom stereocenters. The minimum atomic E-state index is -0.438. The summed E-state index contributed by atoms with van der Waals surface area (Å²) in [5, 5.41) is 10.5. The number of nitrogens with one attached hydrogen (secondary N) is 4. The van der Waals surface area contributed by atoms with Crippen molar-refractivity contribution in [1.82, 2.24) is 0 Å². The van der Waals surface area contributed by atoms with E-state index in [0.29, 0.717) is 22.7 Å². The van der Waals surface area contributed by atoms with E-state index in [0.717, 1.165) is 0 Å². The molecule has 2 aromatic rings. The summed E-state index contributed by atoms with van der Waals surface area (Å²) in [4.78, 5) is 42.6. The minimum Gasteiger partial charge on any atom is -0.383 e. The Morgan fingerprint density at radius 1 is 0.450 bits per heavy atom. The van der Waals surface area contributed by atoms with Crippen LogP contribution in [0.5, 0.6) is 0 Å². The molecule has 0 radical (unpaired) electrons. The van der Waals surface area contributed by atoms with Crippen LogP contribution < -0.4 is 43.0 Å². The van der Waals surface area contributed by atoms with E-state index in [2.05, 4.69) is 21.3 Å². The Hall–Kier alpha value is -2.64. The van der Waals surface area contributed by atoms with Gasteiger partial charge in [-0.2, -0.15) is 0 Å². The maximum Gasteiger partial charge on any atom is 0.253 e. The fourth-order valence-corrected chi connectivity index (χ4v) is 1.74. The minimum absolute atomic E-state index is 0.382. The first kappa shape index (κ1) is 15.4. The molecule has 0 heterocycles. The van der Waals surface area contributed by atoms with Gasteiger partial charge in [-0.25, -0.2) is 0 Å². The second-order valence-corrected chi connectivity index (χ2v) is 3.82. The molecule has 0 aliphatic carbocycles. The van der Waals surface area contributed by atoms with Gasteiger partial charge in [0.2, 0.25) is 0 Å². The van der Waals surface area contributed by atoms with Crippen LogP contribution in [0.15, 0.2) is 19.2 Å². The molecule has 2 aromatic carbocycles. The zero-order chi connectivity index (χ0) is 15.4. The van der Waals surface area contributed by atoms with Crippen LogP contribution in [0.2, 0.25) is 0 Å². The summed E-state index contributed by atoms with van der Waals surface area (Å²) in [6, 6.07) is 0. The van der Waals surface area contributed by atoms with Crippen molar-refractivity contribution in [2.45, 2.75) is 0 Å². The maximum absolute atomic E-state index is 10.7. The Labute approximate surface area is 114 Å². The van der Waals surface area contributed by atoms with E-state index in [4.69, 9.17) is 0 Å². The van der Waals surface area contributed by atoms with Gasteiger partial charge in [0, 0.05) is 28.2 Å².